The lowest BCUT2D eigenvalue weighted by molar-refractivity contribution is -0.139. The van der Waals surface area contributed by atoms with E-state index in [1.807, 2.05) is 0 Å². The summed E-state index contributed by atoms with van der Waals surface area (Å²) in [6, 6.07) is 7.34. The van der Waals surface area contributed by atoms with Crippen molar-refractivity contribution >= 4 is 16.0 Å². The second-order valence-electron chi connectivity index (χ2n) is 8.38. The third-order valence-electron chi connectivity index (χ3n) is 5.82. The van der Waals surface area contributed by atoms with Gasteiger partial charge in [0.15, 0.2) is 6.61 Å². The molecule has 1 atom stereocenters. The fourth-order valence-electron chi connectivity index (χ4n) is 4.04. The molecule has 33 heavy (non-hydrogen) atoms. The third-order valence-corrected chi connectivity index (χ3v) is 7.67. The standard InChI is InChI=1S/C23H26F3NO5S/c1-14(2)15-10-16(23(24,25)26)12-17(11-15)33(30,31)27(3)20-8-4-7-19-18(20)6-5-9-21(19)32-13-22(28)29/h5-6,9-12,14,20H,4,7-8,13H2,1-3H3,(H,28,29)/t20-/m1/s1. The second-order valence-corrected chi connectivity index (χ2v) is 10.4. The molecule has 1 aliphatic carbocycles. The van der Waals surface area contributed by atoms with Crippen LogP contribution in [0.2, 0.25) is 0 Å². The zero-order valence-electron chi connectivity index (χ0n) is 18.5. The number of benzene rings is 2. The molecule has 1 N–H and O–H groups in total. The Bertz CT molecular complexity index is 1150. The van der Waals surface area contributed by atoms with Gasteiger partial charge >= 0.3 is 12.1 Å². The number of ether oxygens (including phenoxy) is 1. The number of sulfonamides is 1. The normalized spacial score (nSPS) is 16.7. The van der Waals surface area contributed by atoms with Crippen LogP contribution in [-0.2, 0) is 27.4 Å². The number of carboxylic acids is 1. The molecule has 0 spiro atoms. The minimum atomic E-state index is -4.68. The highest BCUT2D eigenvalue weighted by molar-refractivity contribution is 7.89. The van der Waals surface area contributed by atoms with Crippen molar-refractivity contribution < 1.29 is 36.2 Å². The Balaban J connectivity index is 2.03. The van der Waals surface area contributed by atoms with Crippen LogP contribution in [0.5, 0.6) is 5.75 Å². The number of aliphatic carboxylic acids is 1. The van der Waals surface area contributed by atoms with Crippen molar-refractivity contribution in [1.29, 1.82) is 0 Å². The first-order chi connectivity index (χ1) is 15.3. The molecule has 0 bridgehead atoms. The number of alkyl halides is 3. The molecule has 6 nitrogen and oxygen atoms in total. The van der Waals surface area contributed by atoms with E-state index in [2.05, 4.69) is 0 Å². The number of hydrogen-bond acceptors (Lipinski definition) is 4. The zero-order chi connectivity index (χ0) is 24.6. The lowest BCUT2D eigenvalue weighted by Gasteiger charge is -2.33. The van der Waals surface area contributed by atoms with Crippen molar-refractivity contribution in [2.24, 2.45) is 0 Å². The van der Waals surface area contributed by atoms with Gasteiger partial charge in [-0.1, -0.05) is 26.0 Å². The van der Waals surface area contributed by atoms with Crippen molar-refractivity contribution in [3.05, 3.63) is 58.7 Å². The van der Waals surface area contributed by atoms with Crippen LogP contribution in [0.1, 0.15) is 60.9 Å². The fourth-order valence-corrected chi connectivity index (χ4v) is 5.49. The molecule has 0 aliphatic heterocycles. The molecule has 0 saturated heterocycles. The highest BCUT2D eigenvalue weighted by Gasteiger charge is 2.36. The Hall–Kier alpha value is -2.59. The van der Waals surface area contributed by atoms with E-state index in [0.717, 1.165) is 10.4 Å². The minimum absolute atomic E-state index is 0.283. The first kappa shape index (κ1) is 25.0. The lowest BCUT2D eigenvalue weighted by Crippen LogP contribution is -2.33. The van der Waals surface area contributed by atoms with Crippen LogP contribution in [0.15, 0.2) is 41.3 Å². The SMILES string of the molecule is CC(C)c1cc(C(F)(F)F)cc(S(=O)(=O)N(C)[C@@H]2CCCc3c(OCC(=O)O)cccc32)c1. The van der Waals surface area contributed by atoms with E-state index >= 15 is 0 Å². The average Bonchev–Trinajstić information content (AvgIpc) is 2.75. The summed E-state index contributed by atoms with van der Waals surface area (Å²) < 4.78 is 73.7. The number of fused-ring (bicyclic) bond motifs is 1. The van der Waals surface area contributed by atoms with Gasteiger partial charge in [-0.3, -0.25) is 0 Å². The summed E-state index contributed by atoms with van der Waals surface area (Å²) in [6.07, 6.45) is -3.01. The van der Waals surface area contributed by atoms with Gasteiger partial charge < -0.3 is 9.84 Å². The van der Waals surface area contributed by atoms with E-state index < -0.39 is 45.3 Å². The van der Waals surface area contributed by atoms with Crippen molar-refractivity contribution in [3.63, 3.8) is 0 Å². The van der Waals surface area contributed by atoms with Crippen LogP contribution in [0.3, 0.4) is 0 Å². The van der Waals surface area contributed by atoms with Crippen molar-refractivity contribution in [2.75, 3.05) is 13.7 Å². The molecule has 3 rings (SSSR count). The summed E-state index contributed by atoms with van der Waals surface area (Å²) in [5, 5.41) is 8.90. The first-order valence-corrected chi connectivity index (χ1v) is 11.9. The molecule has 0 radical (unpaired) electrons. The summed E-state index contributed by atoms with van der Waals surface area (Å²) in [5.74, 6) is -1.06. The van der Waals surface area contributed by atoms with Crippen LogP contribution in [0.4, 0.5) is 13.2 Å². The maximum Gasteiger partial charge on any atom is 0.416 e. The largest absolute Gasteiger partial charge is 0.482 e. The molecule has 180 valence electrons. The molecule has 0 saturated carbocycles. The maximum absolute atomic E-state index is 13.5. The minimum Gasteiger partial charge on any atom is -0.482 e. The van der Waals surface area contributed by atoms with Crippen molar-refractivity contribution in [1.82, 2.24) is 4.31 Å². The predicted octanol–water partition coefficient (Wildman–Crippen LogP) is 4.99. The van der Waals surface area contributed by atoms with Crippen LogP contribution in [-0.4, -0.2) is 37.5 Å². The number of rotatable bonds is 7. The number of halogens is 3. The molecule has 0 fully saturated rings. The molecule has 0 heterocycles. The topological polar surface area (TPSA) is 83.9 Å². The Morgan fingerprint density at radius 3 is 2.55 bits per heavy atom. The van der Waals surface area contributed by atoms with E-state index in [1.165, 1.54) is 13.1 Å². The van der Waals surface area contributed by atoms with E-state index in [0.29, 0.717) is 42.2 Å². The first-order valence-electron chi connectivity index (χ1n) is 10.5. The molecule has 0 aromatic heterocycles. The lowest BCUT2D eigenvalue weighted by atomic mass is 9.87. The van der Waals surface area contributed by atoms with Crippen molar-refractivity contribution in [2.45, 2.75) is 56.1 Å². The summed E-state index contributed by atoms with van der Waals surface area (Å²) in [4.78, 5) is 10.5. The van der Waals surface area contributed by atoms with E-state index in [1.54, 1.807) is 32.0 Å². The Kier molecular flexibility index (Phi) is 7.09. The van der Waals surface area contributed by atoms with Gasteiger partial charge in [0.25, 0.3) is 0 Å². The fraction of sp³-hybridized carbons (Fsp3) is 0.435. The summed E-state index contributed by atoms with van der Waals surface area (Å²) in [5.41, 5.74) is 0.648. The van der Waals surface area contributed by atoms with E-state index in [-0.39, 0.29) is 11.5 Å². The quantitative estimate of drug-likeness (QED) is 0.597. The molecular weight excluding hydrogens is 459 g/mol. The third kappa shape index (κ3) is 5.33. The van der Waals surface area contributed by atoms with Crippen LogP contribution < -0.4 is 4.74 Å². The van der Waals surface area contributed by atoms with Gasteiger partial charge in [0.05, 0.1) is 16.5 Å². The van der Waals surface area contributed by atoms with Gasteiger partial charge in [-0.2, -0.15) is 17.5 Å². The van der Waals surface area contributed by atoms with Gasteiger partial charge in [-0.15, -0.1) is 0 Å². The van der Waals surface area contributed by atoms with Gasteiger partial charge in [0.1, 0.15) is 5.75 Å². The summed E-state index contributed by atoms with van der Waals surface area (Å²) in [6.45, 7) is 2.87. The van der Waals surface area contributed by atoms with Crippen LogP contribution in [0.25, 0.3) is 0 Å². The summed E-state index contributed by atoms with van der Waals surface area (Å²) >= 11 is 0. The molecule has 0 unspecified atom stereocenters. The number of hydrogen-bond donors (Lipinski definition) is 1. The summed E-state index contributed by atoms with van der Waals surface area (Å²) in [7, 11) is -2.90. The van der Waals surface area contributed by atoms with Gasteiger partial charge in [-0.05, 0) is 66.1 Å². The zero-order valence-corrected chi connectivity index (χ0v) is 19.3. The predicted molar refractivity (Wildman–Crippen MR) is 116 cm³/mol. The molecular formula is C23H26F3NO5S. The molecule has 1 aliphatic rings. The smallest absolute Gasteiger partial charge is 0.416 e. The van der Waals surface area contributed by atoms with Crippen LogP contribution in [0, 0.1) is 0 Å². The Morgan fingerprint density at radius 2 is 1.94 bits per heavy atom. The highest BCUT2D eigenvalue weighted by atomic mass is 32.2. The maximum atomic E-state index is 13.5. The van der Waals surface area contributed by atoms with E-state index in [9.17, 15) is 26.4 Å². The Morgan fingerprint density at radius 1 is 1.24 bits per heavy atom. The van der Waals surface area contributed by atoms with Crippen LogP contribution >= 0.6 is 0 Å². The van der Waals surface area contributed by atoms with Crippen molar-refractivity contribution in [3.8, 4) is 5.75 Å². The number of carbonyl (C=O) groups is 1. The number of nitrogens with zero attached hydrogens (tertiary/aromatic N) is 1. The molecule has 10 heteroatoms. The highest BCUT2D eigenvalue weighted by Crippen LogP contribution is 2.41. The van der Waals surface area contributed by atoms with Gasteiger partial charge in [0, 0.05) is 7.05 Å². The van der Waals surface area contributed by atoms with Gasteiger partial charge in [-0.25, -0.2) is 13.2 Å². The monoisotopic (exact) mass is 485 g/mol. The van der Waals surface area contributed by atoms with Gasteiger partial charge in [0.2, 0.25) is 10.0 Å². The number of carboxylic acid groups (broad SMARTS) is 1. The molecule has 0 amide bonds. The second kappa shape index (κ2) is 9.34. The molecule has 2 aromatic rings. The van der Waals surface area contributed by atoms with E-state index in [4.69, 9.17) is 9.84 Å². The average molecular weight is 486 g/mol. The molecule has 2 aromatic carbocycles. The Labute approximate surface area is 191 Å².